The summed E-state index contributed by atoms with van der Waals surface area (Å²) in [7, 11) is 0. The van der Waals surface area contributed by atoms with Crippen LogP contribution < -0.4 is 5.43 Å². The van der Waals surface area contributed by atoms with E-state index in [1.54, 1.807) is 0 Å². The quantitative estimate of drug-likeness (QED) is 0.502. The molecule has 1 rings (SSSR count). The first-order valence-corrected chi connectivity index (χ1v) is 4.75. The van der Waals surface area contributed by atoms with Crippen molar-refractivity contribution in [2.24, 2.45) is 0 Å². The molecule has 0 aliphatic heterocycles. The monoisotopic (exact) mass is 262 g/mol. The number of hydrogen-bond donors (Lipinski definition) is 1. The van der Waals surface area contributed by atoms with Crippen molar-refractivity contribution in [3.63, 3.8) is 0 Å². The average Bonchev–Trinajstić information content (AvgIpc) is 2.27. The van der Waals surface area contributed by atoms with E-state index in [-0.39, 0.29) is 6.61 Å². The summed E-state index contributed by atoms with van der Waals surface area (Å²) < 4.78 is 29.5. The van der Waals surface area contributed by atoms with Gasteiger partial charge in [-0.1, -0.05) is 0 Å². The Kier molecular flexibility index (Phi) is 4.08. The molecule has 0 fully saturated rings. The van der Waals surface area contributed by atoms with E-state index in [1.165, 1.54) is 6.92 Å². The van der Waals surface area contributed by atoms with Gasteiger partial charge in [0.05, 0.1) is 6.61 Å². The van der Waals surface area contributed by atoms with Crippen LogP contribution in [0.1, 0.15) is 29.4 Å². The molecule has 0 saturated carbocycles. The van der Waals surface area contributed by atoms with Crippen molar-refractivity contribution in [1.29, 1.82) is 0 Å². The molecule has 18 heavy (non-hydrogen) atoms. The number of esters is 1. The summed E-state index contributed by atoms with van der Waals surface area (Å²) >= 11 is 0. The predicted octanol–water partition coefficient (Wildman–Crippen LogP) is 1.40. The lowest BCUT2D eigenvalue weighted by Gasteiger charge is -2.04. The second kappa shape index (κ2) is 5.34. The minimum absolute atomic E-state index is 0.0226. The van der Waals surface area contributed by atoms with Gasteiger partial charge in [0.2, 0.25) is 11.1 Å². The fraction of sp³-hybridized carbons (Fsp3) is 0.333. The maximum absolute atomic E-state index is 12.5. The molecule has 1 aromatic rings. The fourth-order valence-corrected chi connectivity index (χ4v) is 1.23. The lowest BCUT2D eigenvalue weighted by molar-refractivity contribution is -0.391. The average molecular weight is 262 g/mol. The minimum atomic E-state index is -3.31. The molecular formula is C9H8F2N2O5. The third-order valence-electron chi connectivity index (χ3n) is 1.95. The van der Waals surface area contributed by atoms with Crippen molar-refractivity contribution in [2.75, 3.05) is 6.61 Å². The molecule has 9 heteroatoms. The Morgan fingerprint density at radius 2 is 2.22 bits per heavy atom. The van der Waals surface area contributed by atoms with E-state index in [4.69, 9.17) is 0 Å². The smallest absolute Gasteiger partial charge is 0.378 e. The van der Waals surface area contributed by atoms with Crippen LogP contribution in [0.25, 0.3) is 0 Å². The summed E-state index contributed by atoms with van der Waals surface area (Å²) in [5.74, 6) is -2.24. The normalized spacial score (nSPS) is 10.4. The molecular weight excluding hydrogens is 254 g/mol. The van der Waals surface area contributed by atoms with E-state index >= 15 is 0 Å². The van der Waals surface area contributed by atoms with Crippen LogP contribution in [0, 0.1) is 10.1 Å². The number of pyridine rings is 1. The van der Waals surface area contributed by atoms with Gasteiger partial charge >= 0.3 is 11.8 Å². The zero-order chi connectivity index (χ0) is 13.9. The summed E-state index contributed by atoms with van der Waals surface area (Å²) in [4.78, 5) is 33.8. The first kappa shape index (κ1) is 13.7. The van der Waals surface area contributed by atoms with Gasteiger partial charge in [-0.25, -0.2) is 18.6 Å². The molecule has 0 aliphatic rings. The molecule has 7 nitrogen and oxygen atoms in total. The number of rotatable bonds is 4. The van der Waals surface area contributed by atoms with Crippen LogP contribution in [0.15, 0.2) is 10.9 Å². The van der Waals surface area contributed by atoms with Gasteiger partial charge in [-0.05, 0) is 11.8 Å². The topological polar surface area (TPSA) is 102 Å². The SMILES string of the molecule is CCOC(=O)c1cc(=O)c(C(F)F)c([N+](=O)[O-])[nH]1. The van der Waals surface area contributed by atoms with Gasteiger partial charge in [-0.15, -0.1) is 0 Å². The molecule has 0 spiro atoms. The van der Waals surface area contributed by atoms with Crippen LogP contribution in [-0.4, -0.2) is 22.5 Å². The van der Waals surface area contributed by atoms with E-state index in [0.717, 1.165) is 0 Å². The molecule has 0 radical (unpaired) electrons. The Morgan fingerprint density at radius 3 is 2.67 bits per heavy atom. The van der Waals surface area contributed by atoms with Crippen LogP contribution in [0.3, 0.4) is 0 Å². The summed E-state index contributed by atoms with van der Waals surface area (Å²) in [5, 5.41) is 10.6. The van der Waals surface area contributed by atoms with E-state index in [2.05, 4.69) is 4.74 Å². The molecule has 0 atom stereocenters. The van der Waals surface area contributed by atoms with E-state index in [0.29, 0.717) is 6.07 Å². The predicted molar refractivity (Wildman–Crippen MR) is 54.6 cm³/mol. The van der Waals surface area contributed by atoms with Gasteiger partial charge in [0.1, 0.15) is 0 Å². The number of nitro groups is 1. The van der Waals surface area contributed by atoms with Crippen molar-refractivity contribution in [3.8, 4) is 0 Å². The molecule has 1 aromatic heterocycles. The Bertz CT molecular complexity index is 540. The summed E-state index contributed by atoms with van der Waals surface area (Å²) in [6, 6.07) is 0.548. The summed E-state index contributed by atoms with van der Waals surface area (Å²) in [6.07, 6.45) is -3.31. The number of nitrogens with zero attached hydrogens (tertiary/aromatic N) is 1. The lowest BCUT2D eigenvalue weighted by Crippen LogP contribution is -2.18. The molecule has 1 N–H and O–H groups in total. The third kappa shape index (κ3) is 2.67. The molecule has 0 saturated heterocycles. The highest BCUT2D eigenvalue weighted by Crippen LogP contribution is 2.23. The van der Waals surface area contributed by atoms with Crippen LogP contribution in [0.5, 0.6) is 0 Å². The number of carbonyl (C=O) groups excluding carboxylic acids is 1. The van der Waals surface area contributed by atoms with Gasteiger partial charge in [0.15, 0.2) is 5.56 Å². The Morgan fingerprint density at radius 1 is 1.61 bits per heavy atom. The number of alkyl halides is 2. The van der Waals surface area contributed by atoms with Crippen molar-refractivity contribution >= 4 is 11.8 Å². The van der Waals surface area contributed by atoms with Gasteiger partial charge in [0, 0.05) is 6.07 Å². The molecule has 1 heterocycles. The van der Waals surface area contributed by atoms with Crippen molar-refractivity contribution in [3.05, 3.63) is 37.7 Å². The molecule has 98 valence electrons. The number of H-pyrrole nitrogens is 1. The highest BCUT2D eigenvalue weighted by molar-refractivity contribution is 5.87. The third-order valence-corrected chi connectivity index (χ3v) is 1.95. The maximum atomic E-state index is 12.5. The Hall–Kier alpha value is -2.32. The van der Waals surface area contributed by atoms with E-state index in [1.807, 2.05) is 4.98 Å². The molecule has 0 aliphatic carbocycles. The maximum Gasteiger partial charge on any atom is 0.378 e. The van der Waals surface area contributed by atoms with Gasteiger partial charge in [-0.3, -0.25) is 4.79 Å². The van der Waals surface area contributed by atoms with Gasteiger partial charge in [-0.2, -0.15) is 0 Å². The zero-order valence-corrected chi connectivity index (χ0v) is 9.11. The second-order valence-electron chi connectivity index (χ2n) is 3.09. The van der Waals surface area contributed by atoms with Crippen LogP contribution in [0.4, 0.5) is 14.6 Å². The van der Waals surface area contributed by atoms with Crippen LogP contribution in [0.2, 0.25) is 0 Å². The Balaban J connectivity index is 3.42. The molecule has 0 bridgehead atoms. The number of ether oxygens (including phenoxy) is 1. The zero-order valence-electron chi connectivity index (χ0n) is 9.11. The minimum Gasteiger partial charge on any atom is -0.460 e. The highest BCUT2D eigenvalue weighted by atomic mass is 19.3. The van der Waals surface area contributed by atoms with Crippen molar-refractivity contribution in [1.82, 2.24) is 4.98 Å². The van der Waals surface area contributed by atoms with Crippen LogP contribution in [-0.2, 0) is 4.74 Å². The second-order valence-corrected chi connectivity index (χ2v) is 3.09. The van der Waals surface area contributed by atoms with Gasteiger partial charge < -0.3 is 14.9 Å². The molecule has 0 unspecified atom stereocenters. The number of hydrogen-bond acceptors (Lipinski definition) is 5. The summed E-state index contributed by atoms with van der Waals surface area (Å²) in [6.45, 7) is 1.46. The van der Waals surface area contributed by atoms with Gasteiger partial charge in [0.25, 0.3) is 6.43 Å². The molecule has 0 amide bonds. The number of carbonyl (C=O) groups is 1. The van der Waals surface area contributed by atoms with Crippen LogP contribution >= 0.6 is 0 Å². The highest BCUT2D eigenvalue weighted by Gasteiger charge is 2.28. The number of aromatic amines is 1. The first-order chi connectivity index (χ1) is 8.38. The van der Waals surface area contributed by atoms with Crippen molar-refractivity contribution in [2.45, 2.75) is 13.3 Å². The van der Waals surface area contributed by atoms with E-state index < -0.39 is 39.8 Å². The first-order valence-electron chi connectivity index (χ1n) is 4.75. The van der Waals surface area contributed by atoms with E-state index in [9.17, 15) is 28.5 Å². The largest absolute Gasteiger partial charge is 0.460 e. The lowest BCUT2D eigenvalue weighted by atomic mass is 10.2. The molecule has 0 aromatic carbocycles. The fourth-order valence-electron chi connectivity index (χ4n) is 1.23. The Labute approximate surface area is 98.5 Å². The van der Waals surface area contributed by atoms with Crippen molar-refractivity contribution < 1.29 is 23.2 Å². The number of aromatic nitrogens is 1. The number of nitrogens with one attached hydrogen (secondary N) is 1. The summed E-state index contributed by atoms with van der Waals surface area (Å²) in [5.41, 5.74) is -3.12. The standard InChI is InChI=1S/C9H8F2N2O5/c1-2-18-9(15)4-3-5(14)6(7(10)11)8(12-4)13(16)17/h3,7H,2H2,1H3,(H,12,14). The number of halogens is 2.